The fourth-order valence-electron chi connectivity index (χ4n) is 2.24. The summed E-state index contributed by atoms with van der Waals surface area (Å²) >= 11 is 0. The summed E-state index contributed by atoms with van der Waals surface area (Å²) in [4.78, 5) is 10.4. The summed E-state index contributed by atoms with van der Waals surface area (Å²) in [6.07, 6.45) is 4.10. The quantitative estimate of drug-likeness (QED) is 0.510. The highest BCUT2D eigenvalue weighted by atomic mass is 28.4. The average molecular weight is 270 g/mol. The maximum Gasteiger partial charge on any atom is 0.191 e. The van der Waals surface area contributed by atoms with Gasteiger partial charge in [0, 0.05) is 13.0 Å². The molecule has 0 amide bonds. The lowest BCUT2D eigenvalue weighted by Gasteiger charge is -2.36. The van der Waals surface area contributed by atoms with Gasteiger partial charge in [0.2, 0.25) is 0 Å². The van der Waals surface area contributed by atoms with Crippen LogP contribution in [0, 0.1) is 17.8 Å². The molecule has 3 heteroatoms. The molecule has 1 rings (SSSR count). The average Bonchev–Trinajstić information content (AvgIpc) is 3.01. The maximum absolute atomic E-state index is 10.4. The van der Waals surface area contributed by atoms with Crippen molar-refractivity contribution in [1.82, 2.24) is 0 Å². The molecule has 0 spiro atoms. The van der Waals surface area contributed by atoms with Crippen molar-refractivity contribution in [2.45, 2.75) is 65.1 Å². The van der Waals surface area contributed by atoms with Crippen LogP contribution in [0.1, 0.15) is 47.0 Å². The Morgan fingerprint density at radius 1 is 1.39 bits per heavy atom. The van der Waals surface area contributed by atoms with Crippen molar-refractivity contribution in [3.63, 3.8) is 0 Å². The lowest BCUT2D eigenvalue weighted by atomic mass is 9.99. The van der Waals surface area contributed by atoms with Gasteiger partial charge in [-0.1, -0.05) is 27.7 Å². The summed E-state index contributed by atoms with van der Waals surface area (Å²) in [5.74, 6) is 2.23. The lowest BCUT2D eigenvalue weighted by Crippen LogP contribution is -2.41. The zero-order valence-electron chi connectivity index (χ0n) is 13.0. The molecule has 0 aromatic carbocycles. The first-order valence-corrected chi connectivity index (χ1v) is 10.2. The van der Waals surface area contributed by atoms with Gasteiger partial charge in [0.25, 0.3) is 0 Å². The van der Waals surface area contributed by atoms with E-state index in [0.29, 0.717) is 17.4 Å². The minimum Gasteiger partial charge on any atom is -0.417 e. The van der Waals surface area contributed by atoms with Crippen LogP contribution in [0.2, 0.25) is 18.1 Å². The zero-order valence-corrected chi connectivity index (χ0v) is 14.0. The summed E-state index contributed by atoms with van der Waals surface area (Å²) in [6.45, 7) is 14.7. The van der Waals surface area contributed by atoms with Crippen molar-refractivity contribution in [2.24, 2.45) is 17.8 Å². The first-order chi connectivity index (χ1) is 8.19. The molecule has 0 aromatic rings. The monoisotopic (exact) mass is 270 g/mol. The van der Waals surface area contributed by atoms with E-state index in [9.17, 15) is 4.79 Å². The molecular formula is C15H30O2Si. The highest BCUT2D eigenvalue weighted by molar-refractivity contribution is 6.74. The van der Waals surface area contributed by atoms with Crippen LogP contribution in [0.15, 0.2) is 0 Å². The second-order valence-electron chi connectivity index (χ2n) is 7.45. The van der Waals surface area contributed by atoms with Crippen LogP contribution in [-0.4, -0.2) is 21.2 Å². The van der Waals surface area contributed by atoms with Crippen molar-refractivity contribution in [3.05, 3.63) is 0 Å². The molecule has 1 aliphatic carbocycles. The third-order valence-corrected chi connectivity index (χ3v) is 9.41. The minimum absolute atomic E-state index is 0.306. The van der Waals surface area contributed by atoms with E-state index in [-0.39, 0.29) is 0 Å². The SMILES string of the molecule is C[C@H](CCC=O)[C@H]1C[C@H]1CO[Si](C)(C)C(C)(C)C. The third kappa shape index (κ3) is 4.20. The normalized spacial score (nSPS) is 25.9. The molecule has 0 heterocycles. The Morgan fingerprint density at radius 2 is 2.00 bits per heavy atom. The predicted molar refractivity (Wildman–Crippen MR) is 79.2 cm³/mol. The largest absolute Gasteiger partial charge is 0.417 e. The number of rotatable bonds is 7. The summed E-state index contributed by atoms with van der Waals surface area (Å²) < 4.78 is 6.27. The molecule has 0 radical (unpaired) electrons. The Balaban J connectivity index is 2.29. The van der Waals surface area contributed by atoms with Crippen molar-refractivity contribution < 1.29 is 9.22 Å². The number of carbonyl (C=O) groups excluding carboxylic acids is 1. The Labute approximate surface area is 114 Å². The Hall–Kier alpha value is -0.153. The molecule has 3 atom stereocenters. The first-order valence-electron chi connectivity index (χ1n) is 7.26. The van der Waals surface area contributed by atoms with Crippen molar-refractivity contribution in [3.8, 4) is 0 Å². The predicted octanol–water partition coefficient (Wildman–Crippen LogP) is 4.26. The maximum atomic E-state index is 10.4. The molecule has 0 aliphatic heterocycles. The fraction of sp³-hybridized carbons (Fsp3) is 0.933. The van der Waals surface area contributed by atoms with E-state index in [1.54, 1.807) is 0 Å². The van der Waals surface area contributed by atoms with E-state index >= 15 is 0 Å². The van der Waals surface area contributed by atoms with Crippen LogP contribution in [0.4, 0.5) is 0 Å². The van der Waals surface area contributed by atoms with Gasteiger partial charge >= 0.3 is 0 Å². The van der Waals surface area contributed by atoms with Gasteiger partial charge in [-0.15, -0.1) is 0 Å². The van der Waals surface area contributed by atoms with Crippen molar-refractivity contribution in [1.29, 1.82) is 0 Å². The van der Waals surface area contributed by atoms with Gasteiger partial charge in [0.05, 0.1) is 0 Å². The number of hydrogen-bond donors (Lipinski definition) is 0. The third-order valence-electron chi connectivity index (χ3n) is 4.91. The van der Waals surface area contributed by atoms with E-state index in [1.807, 2.05) is 0 Å². The minimum atomic E-state index is -1.57. The van der Waals surface area contributed by atoms with E-state index in [2.05, 4.69) is 40.8 Å². The number of aldehydes is 1. The molecule has 2 nitrogen and oxygen atoms in total. The van der Waals surface area contributed by atoms with E-state index in [4.69, 9.17) is 4.43 Å². The van der Waals surface area contributed by atoms with Gasteiger partial charge in [-0.05, 0) is 48.7 Å². The smallest absolute Gasteiger partial charge is 0.191 e. The summed E-state index contributed by atoms with van der Waals surface area (Å²) in [5, 5.41) is 0.306. The zero-order chi connectivity index (χ0) is 14.0. The lowest BCUT2D eigenvalue weighted by molar-refractivity contribution is -0.108. The van der Waals surface area contributed by atoms with Gasteiger partial charge in [-0.3, -0.25) is 0 Å². The first kappa shape index (κ1) is 15.9. The van der Waals surface area contributed by atoms with Crippen LogP contribution in [0.5, 0.6) is 0 Å². The van der Waals surface area contributed by atoms with Gasteiger partial charge < -0.3 is 9.22 Å². The molecular weight excluding hydrogens is 240 g/mol. The molecule has 106 valence electrons. The van der Waals surface area contributed by atoms with E-state index in [1.165, 1.54) is 6.42 Å². The second kappa shape index (κ2) is 5.87. The van der Waals surface area contributed by atoms with Crippen molar-refractivity contribution >= 4 is 14.6 Å². The number of hydrogen-bond acceptors (Lipinski definition) is 2. The Kier molecular flexibility index (Phi) is 5.19. The topological polar surface area (TPSA) is 26.3 Å². The van der Waals surface area contributed by atoms with Gasteiger partial charge in [-0.25, -0.2) is 0 Å². The molecule has 0 unspecified atom stereocenters. The van der Waals surface area contributed by atoms with Crippen molar-refractivity contribution in [2.75, 3.05) is 6.61 Å². The standard InChI is InChI=1S/C15H30O2Si/c1-12(8-7-9-16)14-10-13(14)11-17-18(5,6)15(2,3)4/h9,12-14H,7-8,10-11H2,1-6H3/t12-,13+,14-/m1/s1. The molecule has 0 N–H and O–H groups in total. The molecule has 1 aliphatic rings. The van der Waals surface area contributed by atoms with Crippen LogP contribution < -0.4 is 0 Å². The van der Waals surface area contributed by atoms with Gasteiger partial charge in [-0.2, -0.15) is 0 Å². The van der Waals surface area contributed by atoms with Gasteiger partial charge in [0.15, 0.2) is 8.32 Å². The van der Waals surface area contributed by atoms with E-state index < -0.39 is 8.32 Å². The summed E-state index contributed by atoms with van der Waals surface area (Å²) in [7, 11) is -1.57. The molecule has 1 fully saturated rings. The van der Waals surface area contributed by atoms with E-state index in [0.717, 1.165) is 31.1 Å². The molecule has 18 heavy (non-hydrogen) atoms. The molecule has 1 saturated carbocycles. The summed E-state index contributed by atoms with van der Waals surface area (Å²) in [5.41, 5.74) is 0. The van der Waals surface area contributed by atoms with Crippen LogP contribution in [0.25, 0.3) is 0 Å². The fourth-order valence-corrected chi connectivity index (χ4v) is 3.30. The Morgan fingerprint density at radius 3 is 2.50 bits per heavy atom. The molecule has 0 saturated heterocycles. The molecule has 0 aromatic heterocycles. The second-order valence-corrected chi connectivity index (χ2v) is 12.3. The van der Waals surface area contributed by atoms with Crippen LogP contribution >= 0.6 is 0 Å². The Bertz CT molecular complexity index is 281. The van der Waals surface area contributed by atoms with Crippen LogP contribution in [0.3, 0.4) is 0 Å². The highest BCUT2D eigenvalue weighted by Gasteiger charge is 2.44. The number of carbonyl (C=O) groups is 1. The highest BCUT2D eigenvalue weighted by Crippen LogP contribution is 2.47. The van der Waals surface area contributed by atoms with Gasteiger partial charge in [0.1, 0.15) is 6.29 Å². The molecule has 0 bridgehead atoms. The van der Waals surface area contributed by atoms with Crippen LogP contribution in [-0.2, 0) is 9.22 Å². The summed E-state index contributed by atoms with van der Waals surface area (Å²) in [6, 6.07) is 0.